The molecule has 3 rings (SSSR count). The Morgan fingerprint density at radius 2 is 2.05 bits per heavy atom. The molecule has 0 aromatic heterocycles. The van der Waals surface area contributed by atoms with E-state index in [-0.39, 0.29) is 6.10 Å². The molecule has 0 unspecified atom stereocenters. The first-order valence-corrected chi connectivity index (χ1v) is 8.03. The largest absolute Gasteiger partial charge is 0.489 e. The Kier molecular flexibility index (Phi) is 4.44. The maximum absolute atomic E-state index is 9.52. The third-order valence-electron chi connectivity index (χ3n) is 4.06. The monoisotopic (exact) mass is 337 g/mol. The highest BCUT2D eigenvalue weighted by Gasteiger charge is 2.19. The second-order valence-electron chi connectivity index (χ2n) is 5.66. The lowest BCUT2D eigenvalue weighted by Crippen LogP contribution is -2.36. The Hall–Kier alpha value is -0.840. The predicted octanol–water partition coefficient (Wildman–Crippen LogP) is 3.12. The quantitative estimate of drug-likeness (QED) is 0.890. The van der Waals surface area contributed by atoms with Gasteiger partial charge in [0.05, 0.1) is 6.10 Å². The number of fused-ring (bicyclic) bond motifs is 1. The second-order valence-corrected chi connectivity index (χ2v) is 6.58. The maximum Gasteiger partial charge on any atom is 0.127 e. The van der Waals surface area contributed by atoms with E-state index in [9.17, 15) is 5.11 Å². The normalized spacial score (nSPS) is 25.6. The summed E-state index contributed by atoms with van der Waals surface area (Å²) in [5, 5.41) is 13.1. The van der Waals surface area contributed by atoms with Crippen LogP contribution < -0.4 is 10.1 Å². The van der Waals surface area contributed by atoms with Gasteiger partial charge in [-0.3, -0.25) is 0 Å². The minimum absolute atomic E-state index is 0.0884. The predicted molar refractivity (Wildman–Crippen MR) is 83.9 cm³/mol. The summed E-state index contributed by atoms with van der Waals surface area (Å²) >= 11 is 3.49. The van der Waals surface area contributed by atoms with E-state index in [2.05, 4.69) is 33.4 Å². The van der Waals surface area contributed by atoms with Crippen LogP contribution in [0.3, 0.4) is 0 Å². The van der Waals surface area contributed by atoms with Crippen LogP contribution in [0, 0.1) is 0 Å². The molecule has 0 atom stereocenters. The molecule has 1 aromatic carbocycles. The van der Waals surface area contributed by atoms with E-state index >= 15 is 0 Å². The first-order chi connectivity index (χ1) is 9.70. The van der Waals surface area contributed by atoms with Gasteiger partial charge in [0.15, 0.2) is 0 Å². The number of rotatable bonds is 3. The molecule has 1 aromatic rings. The molecule has 1 fully saturated rings. The Labute approximate surface area is 128 Å². The van der Waals surface area contributed by atoms with E-state index in [4.69, 9.17) is 4.74 Å². The van der Waals surface area contributed by atoms with Crippen LogP contribution in [0.25, 0.3) is 6.08 Å². The summed E-state index contributed by atoms with van der Waals surface area (Å²) in [6.07, 6.45) is 6.10. The molecule has 1 aliphatic carbocycles. The van der Waals surface area contributed by atoms with Crippen molar-refractivity contribution in [1.29, 1.82) is 0 Å². The molecule has 0 saturated heterocycles. The van der Waals surface area contributed by atoms with Crippen LogP contribution in [-0.4, -0.2) is 30.4 Å². The summed E-state index contributed by atoms with van der Waals surface area (Å²) in [7, 11) is 0. The van der Waals surface area contributed by atoms with Gasteiger partial charge in [0.25, 0.3) is 0 Å². The fourth-order valence-electron chi connectivity index (χ4n) is 2.85. The van der Waals surface area contributed by atoms with Gasteiger partial charge >= 0.3 is 0 Å². The Morgan fingerprint density at radius 3 is 2.85 bits per heavy atom. The van der Waals surface area contributed by atoms with E-state index < -0.39 is 0 Å². The molecule has 2 aliphatic rings. The van der Waals surface area contributed by atoms with E-state index in [1.165, 1.54) is 5.57 Å². The van der Waals surface area contributed by atoms with E-state index in [1.807, 2.05) is 12.1 Å². The molecule has 1 heterocycles. The maximum atomic E-state index is 9.52. The smallest absolute Gasteiger partial charge is 0.127 e. The summed E-state index contributed by atoms with van der Waals surface area (Å²) < 4.78 is 6.85. The molecular formula is C16H20BrNO2. The van der Waals surface area contributed by atoms with Crippen molar-refractivity contribution >= 4 is 22.0 Å². The van der Waals surface area contributed by atoms with Gasteiger partial charge in [0.2, 0.25) is 0 Å². The van der Waals surface area contributed by atoms with Crippen molar-refractivity contribution in [3.63, 3.8) is 0 Å². The van der Waals surface area contributed by atoms with Crippen molar-refractivity contribution in [2.45, 2.75) is 37.8 Å². The van der Waals surface area contributed by atoms with Crippen LogP contribution >= 0.6 is 15.9 Å². The Bertz CT molecular complexity index is 507. The zero-order valence-corrected chi connectivity index (χ0v) is 13.0. The highest BCUT2D eigenvalue weighted by atomic mass is 79.9. The number of hydrogen-bond acceptors (Lipinski definition) is 3. The summed E-state index contributed by atoms with van der Waals surface area (Å²) in [5.41, 5.74) is 2.42. The van der Waals surface area contributed by atoms with Crippen molar-refractivity contribution < 1.29 is 9.84 Å². The molecule has 2 N–H and O–H groups in total. The lowest BCUT2D eigenvalue weighted by atomic mass is 9.93. The van der Waals surface area contributed by atoms with Gasteiger partial charge < -0.3 is 15.2 Å². The molecular weight excluding hydrogens is 318 g/mol. The van der Waals surface area contributed by atoms with Crippen molar-refractivity contribution in [3.05, 3.63) is 33.8 Å². The molecule has 0 spiro atoms. The van der Waals surface area contributed by atoms with E-state index in [1.54, 1.807) is 0 Å². The molecule has 0 radical (unpaired) electrons. The van der Waals surface area contributed by atoms with Crippen LogP contribution in [0.2, 0.25) is 0 Å². The van der Waals surface area contributed by atoms with E-state index in [0.717, 1.165) is 48.0 Å². The van der Waals surface area contributed by atoms with Crippen molar-refractivity contribution in [2.75, 3.05) is 13.2 Å². The number of ether oxygens (including phenoxy) is 1. The number of halogens is 1. The average Bonchev–Trinajstić information content (AvgIpc) is 2.46. The molecule has 20 heavy (non-hydrogen) atoms. The molecule has 1 aliphatic heterocycles. The molecule has 4 heteroatoms. The summed E-state index contributed by atoms with van der Waals surface area (Å²) in [4.78, 5) is 0. The van der Waals surface area contributed by atoms with Gasteiger partial charge in [-0.1, -0.05) is 15.9 Å². The fraction of sp³-hybridized carbons (Fsp3) is 0.500. The van der Waals surface area contributed by atoms with Crippen LogP contribution in [0.1, 0.15) is 31.2 Å². The van der Waals surface area contributed by atoms with Crippen LogP contribution in [0.15, 0.2) is 28.2 Å². The third-order valence-corrected chi connectivity index (χ3v) is 4.55. The standard InChI is InChI=1S/C16H20BrNO2/c17-13-1-6-16-12(8-13)7-11(10-20-16)9-18-14-2-4-15(19)5-3-14/h1,6-8,14-15,18-19H,2-5,9-10H2. The molecule has 108 valence electrons. The van der Waals surface area contributed by atoms with Crippen LogP contribution in [0.5, 0.6) is 5.75 Å². The van der Waals surface area contributed by atoms with Gasteiger partial charge in [-0.2, -0.15) is 0 Å². The minimum Gasteiger partial charge on any atom is -0.489 e. The fourth-order valence-corrected chi connectivity index (χ4v) is 3.23. The summed E-state index contributed by atoms with van der Waals surface area (Å²) in [6, 6.07) is 6.63. The van der Waals surface area contributed by atoms with Crippen LogP contribution in [0.4, 0.5) is 0 Å². The van der Waals surface area contributed by atoms with Crippen molar-refractivity contribution in [3.8, 4) is 5.75 Å². The molecule has 0 amide bonds. The minimum atomic E-state index is -0.0884. The zero-order valence-electron chi connectivity index (χ0n) is 11.4. The first-order valence-electron chi connectivity index (χ1n) is 7.24. The molecule has 0 bridgehead atoms. The second kappa shape index (κ2) is 6.29. The lowest BCUT2D eigenvalue weighted by Gasteiger charge is -2.27. The van der Waals surface area contributed by atoms with Gasteiger partial charge in [0.1, 0.15) is 12.4 Å². The highest BCUT2D eigenvalue weighted by Crippen LogP contribution is 2.29. The average molecular weight is 338 g/mol. The van der Waals surface area contributed by atoms with Gasteiger partial charge in [0, 0.05) is 22.6 Å². The summed E-state index contributed by atoms with van der Waals surface area (Å²) in [6.45, 7) is 1.53. The number of aliphatic hydroxyl groups excluding tert-OH is 1. The number of aliphatic hydroxyl groups is 1. The SMILES string of the molecule is OC1CCC(NCC2=Cc3cc(Br)ccc3OC2)CC1. The summed E-state index contributed by atoms with van der Waals surface area (Å²) in [5.74, 6) is 0.956. The third kappa shape index (κ3) is 3.43. The van der Waals surface area contributed by atoms with Crippen molar-refractivity contribution in [2.24, 2.45) is 0 Å². The highest BCUT2D eigenvalue weighted by molar-refractivity contribution is 9.10. The van der Waals surface area contributed by atoms with Crippen LogP contribution in [-0.2, 0) is 0 Å². The van der Waals surface area contributed by atoms with Crippen molar-refractivity contribution in [1.82, 2.24) is 5.32 Å². The zero-order chi connectivity index (χ0) is 13.9. The number of hydrogen-bond donors (Lipinski definition) is 2. The Morgan fingerprint density at radius 1 is 1.25 bits per heavy atom. The topological polar surface area (TPSA) is 41.5 Å². The molecule has 3 nitrogen and oxygen atoms in total. The van der Waals surface area contributed by atoms with E-state index in [0.29, 0.717) is 12.6 Å². The number of nitrogens with one attached hydrogen (secondary N) is 1. The van der Waals surface area contributed by atoms with Gasteiger partial charge in [-0.15, -0.1) is 0 Å². The number of benzene rings is 1. The lowest BCUT2D eigenvalue weighted by molar-refractivity contribution is 0.117. The van der Waals surface area contributed by atoms with Gasteiger partial charge in [-0.05, 0) is 55.5 Å². The first kappa shape index (κ1) is 14.1. The van der Waals surface area contributed by atoms with Gasteiger partial charge in [-0.25, -0.2) is 0 Å². The Balaban J connectivity index is 1.58. The molecule has 1 saturated carbocycles.